The van der Waals surface area contributed by atoms with E-state index in [1.54, 1.807) is 12.1 Å². The first-order valence-corrected chi connectivity index (χ1v) is 10.3. The Morgan fingerprint density at radius 2 is 1.93 bits per heavy atom. The van der Waals surface area contributed by atoms with Crippen LogP contribution in [0, 0.1) is 19.7 Å². The van der Waals surface area contributed by atoms with E-state index in [0.717, 1.165) is 22.7 Å². The highest BCUT2D eigenvalue weighted by molar-refractivity contribution is 7.09. The largest absolute Gasteiger partial charge is 0.353 e. The number of amides is 1. The first kappa shape index (κ1) is 20.2. The molecule has 1 heterocycles. The molecule has 2 aromatic carbocycles. The summed E-state index contributed by atoms with van der Waals surface area (Å²) in [6, 6.07) is 12.9. The normalized spacial score (nSPS) is 12.0. The zero-order valence-corrected chi connectivity index (χ0v) is 17.3. The predicted molar refractivity (Wildman–Crippen MR) is 112 cm³/mol. The van der Waals surface area contributed by atoms with Gasteiger partial charge in [-0.15, -0.1) is 11.3 Å². The summed E-state index contributed by atoms with van der Waals surface area (Å²) in [6.07, 6.45) is 1.73. The Morgan fingerprint density at radius 1 is 1.18 bits per heavy atom. The number of carbonyl (C=O) groups is 1. The molecule has 1 N–H and O–H groups in total. The molecule has 0 radical (unpaired) electrons. The van der Waals surface area contributed by atoms with Crippen molar-refractivity contribution < 1.29 is 9.18 Å². The second kappa shape index (κ2) is 9.11. The molecule has 0 aliphatic heterocycles. The van der Waals surface area contributed by atoms with Crippen molar-refractivity contribution in [2.24, 2.45) is 0 Å². The molecule has 3 nitrogen and oxygen atoms in total. The van der Waals surface area contributed by atoms with Crippen LogP contribution >= 0.6 is 11.3 Å². The van der Waals surface area contributed by atoms with Crippen LogP contribution < -0.4 is 5.32 Å². The molecule has 1 amide bonds. The zero-order valence-electron chi connectivity index (χ0n) is 16.5. The number of benzene rings is 2. The van der Waals surface area contributed by atoms with Gasteiger partial charge in [-0.1, -0.05) is 35.9 Å². The highest BCUT2D eigenvalue weighted by Gasteiger charge is 2.12. The zero-order chi connectivity index (χ0) is 20.1. The fourth-order valence-electron chi connectivity index (χ4n) is 3.23. The number of nitrogens with one attached hydrogen (secondary N) is 1. The van der Waals surface area contributed by atoms with Crippen molar-refractivity contribution in [1.82, 2.24) is 10.3 Å². The van der Waals surface area contributed by atoms with Crippen molar-refractivity contribution >= 4 is 17.2 Å². The molecule has 3 rings (SSSR count). The quantitative estimate of drug-likeness (QED) is 0.624. The van der Waals surface area contributed by atoms with Gasteiger partial charge in [0, 0.05) is 17.8 Å². The predicted octanol–water partition coefficient (Wildman–Crippen LogP) is 4.78. The minimum atomic E-state index is -0.241. The number of aryl methyl sites for hydroxylation is 2. The van der Waals surface area contributed by atoms with Crippen LogP contribution in [0.3, 0.4) is 0 Å². The van der Waals surface area contributed by atoms with Crippen molar-refractivity contribution in [3.8, 4) is 0 Å². The fraction of sp³-hybridized carbons (Fsp3) is 0.304. The van der Waals surface area contributed by atoms with Gasteiger partial charge in [0.25, 0.3) is 0 Å². The summed E-state index contributed by atoms with van der Waals surface area (Å²) in [6.45, 7) is 6.22. The molecule has 0 aliphatic carbocycles. The van der Waals surface area contributed by atoms with Crippen LogP contribution in [-0.4, -0.2) is 16.9 Å². The Kier molecular flexibility index (Phi) is 6.57. The number of aromatic nitrogens is 1. The number of hydrogen-bond acceptors (Lipinski definition) is 3. The average molecular weight is 397 g/mol. The van der Waals surface area contributed by atoms with E-state index in [-0.39, 0.29) is 24.2 Å². The summed E-state index contributed by atoms with van der Waals surface area (Å²) < 4.78 is 13.0. The molecule has 0 spiro atoms. The molecule has 0 saturated heterocycles. The molecule has 1 atom stereocenters. The summed E-state index contributed by atoms with van der Waals surface area (Å²) >= 11 is 1.53. The lowest BCUT2D eigenvalue weighted by Gasteiger charge is -2.15. The van der Waals surface area contributed by atoms with Crippen molar-refractivity contribution in [3.63, 3.8) is 0 Å². The third-order valence-corrected chi connectivity index (χ3v) is 5.54. The maximum atomic E-state index is 13.0. The monoisotopic (exact) mass is 396 g/mol. The van der Waals surface area contributed by atoms with Gasteiger partial charge < -0.3 is 5.32 Å². The molecular weight excluding hydrogens is 371 g/mol. The van der Waals surface area contributed by atoms with Gasteiger partial charge in [-0.25, -0.2) is 9.37 Å². The van der Waals surface area contributed by atoms with Crippen molar-refractivity contribution in [2.45, 2.75) is 46.1 Å². The van der Waals surface area contributed by atoms with E-state index in [1.165, 1.54) is 40.2 Å². The van der Waals surface area contributed by atoms with E-state index in [4.69, 9.17) is 0 Å². The van der Waals surface area contributed by atoms with E-state index in [9.17, 15) is 9.18 Å². The van der Waals surface area contributed by atoms with Crippen LogP contribution in [0.15, 0.2) is 47.8 Å². The third-order valence-electron chi connectivity index (χ3n) is 4.64. The minimum absolute atomic E-state index is 0.0177. The number of carbonyl (C=O) groups excluding carboxylic acids is 1. The molecule has 1 unspecified atom stereocenters. The van der Waals surface area contributed by atoms with Gasteiger partial charge in [0.1, 0.15) is 5.82 Å². The van der Waals surface area contributed by atoms with Crippen LogP contribution in [0.4, 0.5) is 4.39 Å². The Balaban J connectivity index is 1.51. The molecule has 28 heavy (non-hydrogen) atoms. The Bertz CT molecular complexity index is 949. The molecule has 0 saturated carbocycles. The number of thiazole rings is 1. The van der Waals surface area contributed by atoms with E-state index in [2.05, 4.69) is 42.3 Å². The fourth-order valence-corrected chi connectivity index (χ4v) is 4.06. The SMILES string of the molecule is Cc1ccc(CC(C)NC(=O)Cc2csc(Cc3ccc(F)cc3)n2)c(C)c1. The molecule has 1 aromatic heterocycles. The summed E-state index contributed by atoms with van der Waals surface area (Å²) in [4.78, 5) is 16.9. The van der Waals surface area contributed by atoms with E-state index in [0.29, 0.717) is 6.42 Å². The highest BCUT2D eigenvalue weighted by atomic mass is 32.1. The first-order valence-electron chi connectivity index (χ1n) is 9.42. The Morgan fingerprint density at radius 3 is 2.64 bits per heavy atom. The van der Waals surface area contributed by atoms with E-state index < -0.39 is 0 Å². The van der Waals surface area contributed by atoms with Gasteiger partial charge in [0.15, 0.2) is 0 Å². The Hall–Kier alpha value is -2.53. The highest BCUT2D eigenvalue weighted by Crippen LogP contribution is 2.16. The Labute approximate surface area is 169 Å². The van der Waals surface area contributed by atoms with Crippen LogP contribution in [0.5, 0.6) is 0 Å². The molecule has 0 fully saturated rings. The van der Waals surface area contributed by atoms with Crippen molar-refractivity contribution in [1.29, 1.82) is 0 Å². The molecular formula is C23H25FN2OS. The van der Waals surface area contributed by atoms with Crippen LogP contribution in [0.2, 0.25) is 0 Å². The van der Waals surface area contributed by atoms with Gasteiger partial charge in [-0.2, -0.15) is 0 Å². The smallest absolute Gasteiger partial charge is 0.226 e. The second-order valence-electron chi connectivity index (χ2n) is 7.32. The summed E-state index contributed by atoms with van der Waals surface area (Å²) in [5, 5.41) is 5.92. The summed E-state index contributed by atoms with van der Waals surface area (Å²) in [5.41, 5.74) is 5.55. The molecule has 146 valence electrons. The minimum Gasteiger partial charge on any atom is -0.353 e. The standard InChI is InChI=1S/C23H25FN2OS/c1-15-4-7-19(16(2)10-15)11-17(3)25-22(27)13-21-14-28-23(26-21)12-18-5-8-20(24)9-6-18/h4-10,14,17H,11-13H2,1-3H3,(H,25,27). The first-order chi connectivity index (χ1) is 13.4. The topological polar surface area (TPSA) is 42.0 Å². The molecule has 0 bridgehead atoms. The van der Waals surface area contributed by atoms with E-state index in [1.807, 2.05) is 12.3 Å². The van der Waals surface area contributed by atoms with Gasteiger partial charge in [0.2, 0.25) is 5.91 Å². The van der Waals surface area contributed by atoms with E-state index >= 15 is 0 Å². The second-order valence-corrected chi connectivity index (χ2v) is 8.26. The summed E-state index contributed by atoms with van der Waals surface area (Å²) in [5.74, 6) is -0.258. The van der Waals surface area contributed by atoms with Crippen LogP contribution in [0.1, 0.15) is 39.9 Å². The van der Waals surface area contributed by atoms with Gasteiger partial charge in [-0.3, -0.25) is 4.79 Å². The van der Waals surface area contributed by atoms with Gasteiger partial charge in [0.05, 0.1) is 17.1 Å². The molecule has 3 aromatic rings. The number of hydrogen-bond donors (Lipinski definition) is 1. The third kappa shape index (κ3) is 5.73. The summed E-state index contributed by atoms with van der Waals surface area (Å²) in [7, 11) is 0. The van der Waals surface area contributed by atoms with Crippen LogP contribution in [0.25, 0.3) is 0 Å². The molecule has 5 heteroatoms. The lowest BCUT2D eigenvalue weighted by atomic mass is 10.00. The number of halogens is 1. The van der Waals surface area contributed by atoms with Gasteiger partial charge in [-0.05, 0) is 56.0 Å². The lowest BCUT2D eigenvalue weighted by molar-refractivity contribution is -0.121. The van der Waals surface area contributed by atoms with Crippen LogP contribution in [-0.2, 0) is 24.1 Å². The molecule has 0 aliphatic rings. The maximum absolute atomic E-state index is 13.0. The van der Waals surface area contributed by atoms with Crippen molar-refractivity contribution in [2.75, 3.05) is 0 Å². The lowest BCUT2D eigenvalue weighted by Crippen LogP contribution is -2.35. The van der Waals surface area contributed by atoms with Gasteiger partial charge >= 0.3 is 0 Å². The maximum Gasteiger partial charge on any atom is 0.226 e. The average Bonchev–Trinajstić information content (AvgIpc) is 3.06. The van der Waals surface area contributed by atoms with Crippen molar-refractivity contribution in [3.05, 3.63) is 86.6 Å². The number of rotatable bonds is 7. The number of nitrogens with zero attached hydrogens (tertiary/aromatic N) is 1.